The highest BCUT2D eigenvalue weighted by molar-refractivity contribution is 5.82. The molecule has 110 valence electrons. The van der Waals surface area contributed by atoms with Crippen LogP contribution < -0.4 is 16.2 Å². The van der Waals surface area contributed by atoms with E-state index < -0.39 is 0 Å². The van der Waals surface area contributed by atoms with E-state index in [1.165, 1.54) is 0 Å². The van der Waals surface area contributed by atoms with E-state index in [9.17, 15) is 4.79 Å². The van der Waals surface area contributed by atoms with Gasteiger partial charge in [-0.15, -0.1) is 0 Å². The van der Waals surface area contributed by atoms with Crippen LogP contribution >= 0.6 is 0 Å². The molecule has 0 unspecified atom stereocenters. The number of nitrogen functional groups attached to an aromatic ring is 1. The monoisotopic (exact) mass is 278 g/mol. The number of hydrazine groups is 1. The minimum absolute atomic E-state index is 0.105. The Morgan fingerprint density at radius 2 is 2.10 bits per heavy atom. The summed E-state index contributed by atoms with van der Waals surface area (Å²) in [5.41, 5.74) is 3.50. The number of hydrogen-bond acceptors (Lipinski definition) is 6. The number of aryl methyl sites for hydroxylation is 1. The molecule has 2 heterocycles. The smallest absolute Gasteiger partial charge is 0.241 e. The number of hydrogen-bond donors (Lipinski definition) is 2. The number of piperazine rings is 1. The molecule has 1 aliphatic rings. The summed E-state index contributed by atoms with van der Waals surface area (Å²) in [6, 6.07) is 0. The third-order valence-corrected chi connectivity index (χ3v) is 3.53. The molecule has 1 amide bonds. The first-order valence-electron chi connectivity index (χ1n) is 6.89. The number of nitrogens with one attached hydrogen (secondary N) is 1. The summed E-state index contributed by atoms with van der Waals surface area (Å²) in [6.45, 7) is 5.83. The Morgan fingerprint density at radius 3 is 2.70 bits per heavy atom. The first-order valence-corrected chi connectivity index (χ1v) is 6.89. The molecule has 3 N–H and O–H groups in total. The van der Waals surface area contributed by atoms with Gasteiger partial charge in [0.05, 0.1) is 6.54 Å². The lowest BCUT2D eigenvalue weighted by Crippen LogP contribution is -2.49. The van der Waals surface area contributed by atoms with Gasteiger partial charge < -0.3 is 15.2 Å². The van der Waals surface area contributed by atoms with Crippen molar-refractivity contribution >= 4 is 17.5 Å². The maximum absolute atomic E-state index is 11.9. The molecular formula is C13H22N6O. The molecule has 0 radical (unpaired) electrons. The Hall–Kier alpha value is -1.89. The minimum Gasteiger partial charge on any atom is -0.345 e. The first-order chi connectivity index (χ1) is 9.56. The molecule has 0 spiro atoms. The van der Waals surface area contributed by atoms with Crippen LogP contribution in [0.25, 0.3) is 0 Å². The summed E-state index contributed by atoms with van der Waals surface area (Å²) in [5.74, 6) is 7.82. The number of likely N-dealkylation sites (N-methyl/N-ethyl adjacent to an activating group) is 1. The predicted octanol–water partition coefficient (Wildman–Crippen LogP) is 0.302. The van der Waals surface area contributed by atoms with Crippen molar-refractivity contribution < 1.29 is 4.79 Å². The van der Waals surface area contributed by atoms with Crippen LogP contribution in [0.5, 0.6) is 0 Å². The Bertz CT molecular complexity index is 504. The molecule has 1 aromatic rings. The van der Waals surface area contributed by atoms with Crippen molar-refractivity contribution in [3.63, 3.8) is 0 Å². The molecule has 1 aromatic heterocycles. The zero-order valence-electron chi connectivity index (χ0n) is 12.3. The van der Waals surface area contributed by atoms with Crippen molar-refractivity contribution in [2.75, 3.05) is 37.0 Å². The highest BCUT2D eigenvalue weighted by Crippen LogP contribution is 2.24. The highest BCUT2D eigenvalue weighted by Gasteiger charge is 2.24. The maximum Gasteiger partial charge on any atom is 0.241 e. The van der Waals surface area contributed by atoms with Gasteiger partial charge in [0.2, 0.25) is 5.91 Å². The third kappa shape index (κ3) is 2.82. The van der Waals surface area contributed by atoms with Crippen molar-refractivity contribution in [1.29, 1.82) is 0 Å². The number of amides is 1. The van der Waals surface area contributed by atoms with Gasteiger partial charge in [0, 0.05) is 32.1 Å². The second-order valence-electron chi connectivity index (χ2n) is 5.07. The SMILES string of the molecule is CCCc1nc(NN)c(C)c(N2CCN(C)C(=O)C2)n1. The average Bonchev–Trinajstić information content (AvgIpc) is 2.44. The maximum atomic E-state index is 11.9. The van der Waals surface area contributed by atoms with Gasteiger partial charge in [-0.3, -0.25) is 4.79 Å². The van der Waals surface area contributed by atoms with E-state index >= 15 is 0 Å². The quantitative estimate of drug-likeness (QED) is 0.608. The first kappa shape index (κ1) is 14.5. The lowest BCUT2D eigenvalue weighted by Gasteiger charge is -2.33. The largest absolute Gasteiger partial charge is 0.345 e. The van der Waals surface area contributed by atoms with Crippen molar-refractivity contribution in [1.82, 2.24) is 14.9 Å². The minimum atomic E-state index is 0.105. The number of nitrogens with two attached hydrogens (primary N) is 1. The van der Waals surface area contributed by atoms with E-state index in [4.69, 9.17) is 5.84 Å². The zero-order chi connectivity index (χ0) is 14.7. The predicted molar refractivity (Wildman–Crippen MR) is 78.4 cm³/mol. The Kier molecular flexibility index (Phi) is 4.39. The third-order valence-electron chi connectivity index (χ3n) is 3.53. The fourth-order valence-corrected chi connectivity index (χ4v) is 2.27. The van der Waals surface area contributed by atoms with Gasteiger partial charge in [0.25, 0.3) is 0 Å². The summed E-state index contributed by atoms with van der Waals surface area (Å²) >= 11 is 0. The highest BCUT2D eigenvalue weighted by atomic mass is 16.2. The van der Waals surface area contributed by atoms with Gasteiger partial charge in [-0.2, -0.15) is 0 Å². The second kappa shape index (κ2) is 6.04. The fourth-order valence-electron chi connectivity index (χ4n) is 2.27. The van der Waals surface area contributed by atoms with E-state index in [1.807, 2.05) is 18.9 Å². The van der Waals surface area contributed by atoms with Crippen LogP contribution in [0.2, 0.25) is 0 Å². The summed E-state index contributed by atoms with van der Waals surface area (Å²) in [5, 5.41) is 0. The molecule has 0 bridgehead atoms. The van der Waals surface area contributed by atoms with Crippen LogP contribution in [-0.2, 0) is 11.2 Å². The molecule has 0 atom stereocenters. The van der Waals surface area contributed by atoms with Crippen LogP contribution in [0.3, 0.4) is 0 Å². The summed E-state index contributed by atoms with van der Waals surface area (Å²) < 4.78 is 0. The number of anilines is 2. The van der Waals surface area contributed by atoms with Gasteiger partial charge >= 0.3 is 0 Å². The molecular weight excluding hydrogens is 256 g/mol. The van der Waals surface area contributed by atoms with Crippen LogP contribution in [0.1, 0.15) is 24.7 Å². The number of carbonyl (C=O) groups excluding carboxylic acids is 1. The Morgan fingerprint density at radius 1 is 1.35 bits per heavy atom. The van der Waals surface area contributed by atoms with Crippen LogP contribution in [0.4, 0.5) is 11.6 Å². The van der Waals surface area contributed by atoms with E-state index in [1.54, 1.807) is 4.90 Å². The Labute approximate surface area is 119 Å². The Balaban J connectivity index is 2.34. The summed E-state index contributed by atoms with van der Waals surface area (Å²) in [4.78, 5) is 24.6. The number of carbonyl (C=O) groups is 1. The van der Waals surface area contributed by atoms with Crippen molar-refractivity contribution in [2.45, 2.75) is 26.7 Å². The lowest BCUT2D eigenvalue weighted by molar-refractivity contribution is -0.129. The van der Waals surface area contributed by atoms with Gasteiger partial charge in [-0.25, -0.2) is 15.8 Å². The van der Waals surface area contributed by atoms with Crippen LogP contribution in [0.15, 0.2) is 0 Å². The summed E-state index contributed by atoms with van der Waals surface area (Å²) in [6.07, 6.45) is 1.76. The molecule has 7 heteroatoms. The number of nitrogens with zero attached hydrogens (tertiary/aromatic N) is 4. The standard InChI is InChI=1S/C13H22N6O/c1-4-5-10-15-12(17-14)9(2)13(16-10)19-7-6-18(3)11(20)8-19/h4-8,14H2,1-3H3,(H,15,16,17). The van der Waals surface area contributed by atoms with Crippen molar-refractivity contribution in [2.24, 2.45) is 5.84 Å². The molecule has 20 heavy (non-hydrogen) atoms. The van der Waals surface area contributed by atoms with E-state index in [0.29, 0.717) is 18.9 Å². The molecule has 1 fully saturated rings. The fraction of sp³-hybridized carbons (Fsp3) is 0.615. The molecule has 0 aromatic carbocycles. The van der Waals surface area contributed by atoms with Crippen LogP contribution in [-0.4, -0.2) is 47.5 Å². The van der Waals surface area contributed by atoms with Crippen molar-refractivity contribution in [3.05, 3.63) is 11.4 Å². The molecule has 2 rings (SSSR count). The molecule has 1 aliphatic heterocycles. The van der Waals surface area contributed by atoms with Gasteiger partial charge in [0.1, 0.15) is 17.5 Å². The summed E-state index contributed by atoms with van der Waals surface area (Å²) in [7, 11) is 1.82. The second-order valence-corrected chi connectivity index (χ2v) is 5.07. The van der Waals surface area contributed by atoms with Crippen LogP contribution in [0, 0.1) is 6.92 Å². The molecule has 7 nitrogen and oxygen atoms in total. The van der Waals surface area contributed by atoms with Crippen molar-refractivity contribution in [3.8, 4) is 0 Å². The number of rotatable bonds is 4. The molecule has 0 aliphatic carbocycles. The normalized spacial score (nSPS) is 15.7. The van der Waals surface area contributed by atoms with Gasteiger partial charge in [-0.05, 0) is 13.3 Å². The van der Waals surface area contributed by atoms with Gasteiger partial charge in [-0.1, -0.05) is 6.92 Å². The zero-order valence-corrected chi connectivity index (χ0v) is 12.3. The van der Waals surface area contributed by atoms with Gasteiger partial charge in [0.15, 0.2) is 0 Å². The number of aromatic nitrogens is 2. The lowest BCUT2D eigenvalue weighted by atomic mass is 10.2. The topological polar surface area (TPSA) is 87.4 Å². The molecule has 1 saturated heterocycles. The van der Waals surface area contributed by atoms with E-state index in [0.717, 1.165) is 36.6 Å². The van der Waals surface area contributed by atoms with E-state index in [-0.39, 0.29) is 5.91 Å². The average molecular weight is 278 g/mol. The molecule has 0 saturated carbocycles. The van der Waals surface area contributed by atoms with E-state index in [2.05, 4.69) is 22.3 Å².